The minimum absolute atomic E-state index is 0.236. The molecule has 122 valence electrons. The summed E-state index contributed by atoms with van der Waals surface area (Å²) in [5, 5.41) is 5.66. The number of carbonyl (C=O) groups is 1. The standard InChI is InChI=1S/C16H18F2N4O/c1-9-8-19-15(21-11(3)23)7-13(9)22-12-5-10(2)20-14(6-12)16(4,17)18/h5-8H,1-4H3,(H2,19,20,21,22,23). The van der Waals surface area contributed by atoms with E-state index in [4.69, 9.17) is 0 Å². The SMILES string of the molecule is CC(=O)Nc1cc(Nc2cc(C)nc(C(C)(F)F)c2)c(C)cn1. The Morgan fingerprint density at radius 3 is 2.52 bits per heavy atom. The summed E-state index contributed by atoms with van der Waals surface area (Å²) in [5.74, 6) is -2.87. The third-order valence-corrected chi connectivity index (χ3v) is 3.09. The van der Waals surface area contributed by atoms with Crippen molar-refractivity contribution in [1.29, 1.82) is 0 Å². The zero-order chi connectivity index (χ0) is 17.2. The number of hydrogen-bond donors (Lipinski definition) is 2. The van der Waals surface area contributed by atoms with Crippen LogP contribution in [0.4, 0.5) is 26.0 Å². The highest BCUT2D eigenvalue weighted by atomic mass is 19.3. The Bertz CT molecular complexity index is 741. The lowest BCUT2D eigenvalue weighted by Gasteiger charge is -2.15. The van der Waals surface area contributed by atoms with Crippen LogP contribution in [0.5, 0.6) is 0 Å². The van der Waals surface area contributed by atoms with Gasteiger partial charge in [-0.15, -0.1) is 0 Å². The number of anilines is 3. The fraction of sp³-hybridized carbons (Fsp3) is 0.312. The van der Waals surface area contributed by atoms with Crippen LogP contribution in [0, 0.1) is 13.8 Å². The third-order valence-electron chi connectivity index (χ3n) is 3.09. The fourth-order valence-corrected chi connectivity index (χ4v) is 2.03. The van der Waals surface area contributed by atoms with E-state index in [1.165, 1.54) is 13.0 Å². The highest BCUT2D eigenvalue weighted by Crippen LogP contribution is 2.29. The van der Waals surface area contributed by atoms with Crippen LogP contribution in [-0.4, -0.2) is 15.9 Å². The summed E-state index contributed by atoms with van der Waals surface area (Å²) in [7, 11) is 0. The van der Waals surface area contributed by atoms with Gasteiger partial charge in [0.2, 0.25) is 5.91 Å². The van der Waals surface area contributed by atoms with Gasteiger partial charge in [-0.25, -0.2) is 4.98 Å². The Balaban J connectivity index is 2.35. The average molecular weight is 320 g/mol. The maximum Gasteiger partial charge on any atom is 0.287 e. The Hall–Kier alpha value is -2.57. The quantitative estimate of drug-likeness (QED) is 0.896. The minimum Gasteiger partial charge on any atom is -0.355 e. The van der Waals surface area contributed by atoms with Gasteiger partial charge in [0.15, 0.2) is 0 Å². The minimum atomic E-state index is -3.02. The first-order chi connectivity index (χ1) is 10.6. The smallest absolute Gasteiger partial charge is 0.287 e. The third kappa shape index (κ3) is 4.45. The molecule has 5 nitrogen and oxygen atoms in total. The molecule has 2 rings (SSSR count). The zero-order valence-corrected chi connectivity index (χ0v) is 13.4. The van der Waals surface area contributed by atoms with E-state index in [9.17, 15) is 13.6 Å². The molecule has 2 aromatic heterocycles. The molecular formula is C16H18F2N4O. The molecule has 0 bridgehead atoms. The summed E-state index contributed by atoms with van der Waals surface area (Å²) >= 11 is 0. The number of rotatable bonds is 4. The van der Waals surface area contributed by atoms with Gasteiger partial charge < -0.3 is 10.6 Å². The van der Waals surface area contributed by atoms with Gasteiger partial charge in [-0.2, -0.15) is 8.78 Å². The molecule has 0 aromatic carbocycles. The van der Waals surface area contributed by atoms with Crippen LogP contribution >= 0.6 is 0 Å². The van der Waals surface area contributed by atoms with E-state index in [0.717, 1.165) is 12.5 Å². The summed E-state index contributed by atoms with van der Waals surface area (Å²) in [6.07, 6.45) is 1.59. The van der Waals surface area contributed by atoms with Gasteiger partial charge in [0.05, 0.1) is 0 Å². The van der Waals surface area contributed by atoms with Crippen molar-refractivity contribution in [2.24, 2.45) is 0 Å². The number of hydrogen-bond acceptors (Lipinski definition) is 4. The zero-order valence-electron chi connectivity index (χ0n) is 13.4. The van der Waals surface area contributed by atoms with Crippen molar-refractivity contribution in [3.8, 4) is 0 Å². The molecule has 7 heteroatoms. The van der Waals surface area contributed by atoms with E-state index in [1.54, 1.807) is 25.3 Å². The largest absolute Gasteiger partial charge is 0.355 e. The molecule has 0 fully saturated rings. The second kappa shape index (κ2) is 6.28. The Kier molecular flexibility index (Phi) is 4.58. The van der Waals surface area contributed by atoms with E-state index in [0.29, 0.717) is 22.9 Å². The number of aryl methyl sites for hydroxylation is 2. The van der Waals surface area contributed by atoms with Crippen molar-refractivity contribution in [1.82, 2.24) is 9.97 Å². The van der Waals surface area contributed by atoms with Crippen LogP contribution in [0.25, 0.3) is 0 Å². The first kappa shape index (κ1) is 16.8. The van der Waals surface area contributed by atoms with Gasteiger partial charge in [0.25, 0.3) is 5.92 Å². The maximum absolute atomic E-state index is 13.5. The Morgan fingerprint density at radius 1 is 1.22 bits per heavy atom. The van der Waals surface area contributed by atoms with Gasteiger partial charge in [-0.05, 0) is 31.5 Å². The van der Waals surface area contributed by atoms with Crippen molar-refractivity contribution in [3.63, 3.8) is 0 Å². The molecule has 0 unspecified atom stereocenters. The van der Waals surface area contributed by atoms with Crippen LogP contribution in [0.15, 0.2) is 24.4 Å². The molecule has 0 aliphatic rings. The van der Waals surface area contributed by atoms with Gasteiger partial charge in [0, 0.05) is 43.2 Å². The first-order valence-corrected chi connectivity index (χ1v) is 7.03. The lowest BCUT2D eigenvalue weighted by molar-refractivity contribution is -0.114. The van der Waals surface area contributed by atoms with E-state index >= 15 is 0 Å². The second-order valence-electron chi connectivity index (χ2n) is 5.46. The molecule has 0 aliphatic carbocycles. The lowest BCUT2D eigenvalue weighted by Crippen LogP contribution is -2.11. The highest BCUT2D eigenvalue weighted by Gasteiger charge is 2.26. The predicted octanol–water partition coefficient (Wildman–Crippen LogP) is 3.91. The molecule has 0 spiro atoms. The molecular weight excluding hydrogens is 302 g/mol. The molecule has 2 heterocycles. The molecule has 1 amide bonds. The maximum atomic E-state index is 13.5. The van der Waals surface area contributed by atoms with Crippen LogP contribution in [0.3, 0.4) is 0 Å². The van der Waals surface area contributed by atoms with Crippen molar-refractivity contribution >= 4 is 23.1 Å². The lowest BCUT2D eigenvalue weighted by atomic mass is 10.2. The monoisotopic (exact) mass is 320 g/mol. The summed E-state index contributed by atoms with van der Waals surface area (Å²) in [6, 6.07) is 4.63. The number of amides is 1. The fourth-order valence-electron chi connectivity index (χ4n) is 2.03. The molecule has 0 radical (unpaired) electrons. The van der Waals surface area contributed by atoms with Crippen molar-refractivity contribution in [2.45, 2.75) is 33.6 Å². The number of carbonyl (C=O) groups excluding carboxylic acids is 1. The molecule has 2 aromatic rings. The molecule has 2 N–H and O–H groups in total. The first-order valence-electron chi connectivity index (χ1n) is 7.03. The summed E-state index contributed by atoms with van der Waals surface area (Å²) < 4.78 is 27.0. The molecule has 0 saturated heterocycles. The van der Waals surface area contributed by atoms with Gasteiger partial charge in [0.1, 0.15) is 11.5 Å². The van der Waals surface area contributed by atoms with E-state index < -0.39 is 5.92 Å². The number of halogens is 2. The van der Waals surface area contributed by atoms with Gasteiger partial charge >= 0.3 is 0 Å². The number of aromatic nitrogens is 2. The summed E-state index contributed by atoms with van der Waals surface area (Å²) in [6.45, 7) is 5.68. The topological polar surface area (TPSA) is 66.9 Å². The average Bonchev–Trinajstić information content (AvgIpc) is 2.40. The summed E-state index contributed by atoms with van der Waals surface area (Å²) in [5.41, 5.74) is 2.17. The summed E-state index contributed by atoms with van der Waals surface area (Å²) in [4.78, 5) is 19.1. The van der Waals surface area contributed by atoms with Crippen LogP contribution in [-0.2, 0) is 10.7 Å². The van der Waals surface area contributed by atoms with Crippen molar-refractivity contribution in [3.05, 3.63) is 41.3 Å². The normalized spacial score (nSPS) is 11.2. The van der Waals surface area contributed by atoms with Crippen LogP contribution < -0.4 is 10.6 Å². The molecule has 0 atom stereocenters. The van der Waals surface area contributed by atoms with Crippen LogP contribution in [0.1, 0.15) is 30.8 Å². The molecule has 0 saturated carbocycles. The van der Waals surface area contributed by atoms with E-state index in [2.05, 4.69) is 20.6 Å². The van der Waals surface area contributed by atoms with Crippen molar-refractivity contribution < 1.29 is 13.6 Å². The van der Waals surface area contributed by atoms with E-state index in [-0.39, 0.29) is 11.6 Å². The van der Waals surface area contributed by atoms with Gasteiger partial charge in [-0.1, -0.05) is 0 Å². The number of nitrogens with zero attached hydrogens (tertiary/aromatic N) is 2. The van der Waals surface area contributed by atoms with Crippen molar-refractivity contribution in [2.75, 3.05) is 10.6 Å². The Morgan fingerprint density at radius 2 is 1.91 bits per heavy atom. The van der Waals surface area contributed by atoms with Crippen LogP contribution in [0.2, 0.25) is 0 Å². The predicted molar refractivity (Wildman–Crippen MR) is 85.1 cm³/mol. The number of nitrogens with one attached hydrogen (secondary N) is 2. The van der Waals surface area contributed by atoms with Gasteiger partial charge in [-0.3, -0.25) is 9.78 Å². The molecule has 0 aliphatic heterocycles. The highest BCUT2D eigenvalue weighted by molar-refractivity contribution is 5.88. The molecule has 23 heavy (non-hydrogen) atoms. The van der Waals surface area contributed by atoms with E-state index in [1.807, 2.05) is 6.92 Å². The second-order valence-corrected chi connectivity index (χ2v) is 5.46. The Labute approximate surface area is 133 Å². The number of pyridine rings is 2. The number of alkyl halides is 2.